The van der Waals surface area contributed by atoms with Gasteiger partial charge in [0.05, 0.1) is 30.8 Å². The molecule has 0 amide bonds. The molecule has 1 N–H and O–H groups in total. The predicted molar refractivity (Wildman–Crippen MR) is 143 cm³/mol. The van der Waals surface area contributed by atoms with Crippen LogP contribution in [0.25, 0.3) is 6.08 Å². The summed E-state index contributed by atoms with van der Waals surface area (Å²) in [7, 11) is 3.21. The minimum absolute atomic E-state index is 0.125. The number of aliphatic hydroxyl groups excluding tert-OH is 1. The summed E-state index contributed by atoms with van der Waals surface area (Å²) in [6, 6.07) is 16.5. The SMILES string of the molecule is COC(=O)c1ccc(/C=C2/C(=O)C(Sc3nccn3C)=CC2(CO)CCCCOc2ccccc2)cc1. The summed E-state index contributed by atoms with van der Waals surface area (Å²) in [5, 5.41) is 11.3. The van der Waals surface area contributed by atoms with Gasteiger partial charge < -0.3 is 19.1 Å². The number of esters is 1. The monoisotopic (exact) mass is 518 g/mol. The van der Waals surface area contributed by atoms with Crippen molar-refractivity contribution in [3.8, 4) is 5.75 Å². The summed E-state index contributed by atoms with van der Waals surface area (Å²) in [6.45, 7) is 0.348. The number of carbonyl (C=O) groups is 2. The molecule has 7 nitrogen and oxygen atoms in total. The van der Waals surface area contributed by atoms with Gasteiger partial charge in [0.2, 0.25) is 0 Å². The van der Waals surface area contributed by atoms with Crippen LogP contribution in [0.1, 0.15) is 35.2 Å². The number of ketones is 1. The Labute approximate surface area is 220 Å². The molecule has 1 aromatic heterocycles. The van der Waals surface area contributed by atoms with Gasteiger partial charge in [-0.05, 0) is 66.9 Å². The Hall–Kier alpha value is -3.62. The predicted octanol–water partition coefficient (Wildman–Crippen LogP) is 5.08. The summed E-state index contributed by atoms with van der Waals surface area (Å²) in [5.74, 6) is 0.272. The van der Waals surface area contributed by atoms with Crippen LogP contribution in [0.3, 0.4) is 0 Å². The van der Waals surface area contributed by atoms with E-state index in [4.69, 9.17) is 9.47 Å². The van der Waals surface area contributed by atoms with Gasteiger partial charge >= 0.3 is 5.97 Å². The van der Waals surface area contributed by atoms with Crippen molar-refractivity contribution in [1.29, 1.82) is 0 Å². The zero-order valence-electron chi connectivity index (χ0n) is 20.9. The maximum atomic E-state index is 13.6. The summed E-state index contributed by atoms with van der Waals surface area (Å²) < 4.78 is 12.4. The van der Waals surface area contributed by atoms with E-state index in [9.17, 15) is 14.7 Å². The second-order valence-corrected chi connectivity index (χ2v) is 9.87. The molecule has 0 aliphatic heterocycles. The molecule has 1 atom stereocenters. The molecule has 37 heavy (non-hydrogen) atoms. The average Bonchev–Trinajstić information content (AvgIpc) is 3.45. The van der Waals surface area contributed by atoms with Crippen molar-refractivity contribution in [1.82, 2.24) is 9.55 Å². The van der Waals surface area contributed by atoms with Crippen molar-refractivity contribution in [2.24, 2.45) is 12.5 Å². The van der Waals surface area contributed by atoms with Crippen LogP contribution >= 0.6 is 11.8 Å². The molecule has 3 aromatic rings. The standard InChI is InChI=1S/C29H30N2O5S/c1-31-16-15-30-28(31)37-25-19-29(20-32,14-6-7-17-36-23-8-4-3-5-9-23)24(26(25)33)18-21-10-12-22(13-11-21)27(34)35-2/h3-5,8-13,15-16,18-19,32H,6-7,14,17,20H2,1-2H3/b24-18-. The van der Waals surface area contributed by atoms with Crippen LogP contribution in [-0.4, -0.2) is 46.7 Å². The fourth-order valence-corrected chi connectivity index (χ4v) is 5.25. The van der Waals surface area contributed by atoms with E-state index < -0.39 is 11.4 Å². The summed E-state index contributed by atoms with van der Waals surface area (Å²) >= 11 is 1.30. The minimum Gasteiger partial charge on any atom is -0.494 e. The molecule has 192 valence electrons. The number of hydrogen-bond acceptors (Lipinski definition) is 7. The molecule has 0 spiro atoms. The molecule has 1 aliphatic rings. The van der Waals surface area contributed by atoms with Crippen LogP contribution in [0.15, 0.2) is 88.7 Å². The number of imidazole rings is 1. The molecule has 1 aliphatic carbocycles. The summed E-state index contributed by atoms with van der Waals surface area (Å²) in [5.41, 5.74) is 0.899. The Morgan fingerprint density at radius 1 is 1.14 bits per heavy atom. The number of aryl methyl sites for hydroxylation is 1. The normalized spacial score (nSPS) is 18.2. The first-order chi connectivity index (χ1) is 18.0. The average molecular weight is 519 g/mol. The quantitative estimate of drug-likeness (QED) is 0.215. The van der Waals surface area contributed by atoms with E-state index in [0.29, 0.717) is 34.2 Å². The van der Waals surface area contributed by atoms with Crippen molar-refractivity contribution in [2.45, 2.75) is 24.4 Å². The Morgan fingerprint density at radius 2 is 1.89 bits per heavy atom. The van der Waals surface area contributed by atoms with Crippen LogP contribution in [0.2, 0.25) is 0 Å². The van der Waals surface area contributed by atoms with E-state index in [1.165, 1.54) is 18.9 Å². The fourth-order valence-electron chi connectivity index (χ4n) is 4.25. The molecule has 4 rings (SSSR count). The highest BCUT2D eigenvalue weighted by molar-refractivity contribution is 8.03. The number of allylic oxidation sites excluding steroid dienone is 1. The number of ether oxygens (including phenoxy) is 2. The number of benzene rings is 2. The fraction of sp³-hybridized carbons (Fsp3) is 0.276. The highest BCUT2D eigenvalue weighted by atomic mass is 32.2. The molecule has 2 aromatic carbocycles. The van der Waals surface area contributed by atoms with E-state index in [1.54, 1.807) is 30.5 Å². The zero-order valence-corrected chi connectivity index (χ0v) is 21.7. The van der Waals surface area contributed by atoms with Gasteiger partial charge in [-0.15, -0.1) is 0 Å². The molecule has 8 heteroatoms. The zero-order chi connectivity index (χ0) is 26.3. The number of carbonyl (C=O) groups excluding carboxylic acids is 2. The third kappa shape index (κ3) is 6.21. The summed E-state index contributed by atoms with van der Waals surface area (Å²) in [4.78, 5) is 30.3. The highest BCUT2D eigenvalue weighted by Crippen LogP contribution is 2.47. The van der Waals surface area contributed by atoms with Crippen molar-refractivity contribution in [3.05, 3.63) is 94.7 Å². The maximum absolute atomic E-state index is 13.6. The Bertz CT molecular complexity index is 1300. The molecule has 0 fully saturated rings. The van der Waals surface area contributed by atoms with Gasteiger partial charge in [-0.2, -0.15) is 0 Å². The van der Waals surface area contributed by atoms with Gasteiger partial charge in [-0.3, -0.25) is 4.79 Å². The maximum Gasteiger partial charge on any atom is 0.337 e. The number of aliphatic hydroxyl groups is 1. The first-order valence-electron chi connectivity index (χ1n) is 12.1. The topological polar surface area (TPSA) is 90.7 Å². The van der Waals surface area contributed by atoms with Gasteiger partial charge in [0.15, 0.2) is 10.9 Å². The van der Waals surface area contributed by atoms with Gasteiger partial charge in [-0.1, -0.05) is 36.4 Å². The number of para-hydroxylation sites is 1. The number of hydrogen-bond donors (Lipinski definition) is 1. The van der Waals surface area contributed by atoms with Gasteiger partial charge in [0.25, 0.3) is 0 Å². The van der Waals surface area contributed by atoms with E-state index >= 15 is 0 Å². The highest BCUT2D eigenvalue weighted by Gasteiger charge is 2.43. The van der Waals surface area contributed by atoms with Gasteiger partial charge in [0.1, 0.15) is 5.75 Å². The van der Waals surface area contributed by atoms with Crippen LogP contribution in [0.5, 0.6) is 5.75 Å². The lowest BCUT2D eigenvalue weighted by atomic mass is 9.78. The Morgan fingerprint density at radius 3 is 2.54 bits per heavy atom. The van der Waals surface area contributed by atoms with Crippen LogP contribution in [-0.2, 0) is 16.6 Å². The Balaban J connectivity index is 1.56. The molecule has 1 heterocycles. The van der Waals surface area contributed by atoms with Crippen molar-refractivity contribution in [2.75, 3.05) is 20.3 Å². The number of Topliss-reactive ketones (excluding diaryl/α,β-unsaturated/α-hetero) is 1. The van der Waals surface area contributed by atoms with E-state index in [0.717, 1.165) is 24.2 Å². The Kier molecular flexibility index (Phi) is 8.63. The van der Waals surface area contributed by atoms with Crippen LogP contribution in [0.4, 0.5) is 0 Å². The van der Waals surface area contributed by atoms with Crippen molar-refractivity contribution >= 4 is 29.6 Å². The summed E-state index contributed by atoms with van der Waals surface area (Å²) in [6.07, 6.45) is 9.34. The minimum atomic E-state index is -0.821. The molecule has 0 bridgehead atoms. The number of nitrogens with zero attached hydrogens (tertiary/aromatic N) is 2. The van der Waals surface area contributed by atoms with Gasteiger partial charge in [0, 0.05) is 30.4 Å². The van der Waals surface area contributed by atoms with Crippen LogP contribution in [0, 0.1) is 5.41 Å². The first-order valence-corrected chi connectivity index (χ1v) is 12.9. The second-order valence-electron chi connectivity index (χ2n) is 8.86. The number of unbranched alkanes of at least 4 members (excludes halogenated alkanes) is 1. The van der Waals surface area contributed by atoms with E-state index in [1.807, 2.05) is 60.3 Å². The number of aromatic nitrogens is 2. The van der Waals surface area contributed by atoms with Gasteiger partial charge in [-0.25, -0.2) is 9.78 Å². The first kappa shape index (κ1) is 26.4. The molecular weight excluding hydrogens is 488 g/mol. The lowest BCUT2D eigenvalue weighted by Gasteiger charge is -2.26. The number of rotatable bonds is 11. The molecule has 0 saturated heterocycles. The van der Waals surface area contributed by atoms with Crippen molar-refractivity contribution < 1.29 is 24.2 Å². The second kappa shape index (κ2) is 12.1. The largest absolute Gasteiger partial charge is 0.494 e. The molecular formula is C29H30N2O5S. The van der Waals surface area contributed by atoms with E-state index in [-0.39, 0.29) is 12.4 Å². The smallest absolute Gasteiger partial charge is 0.337 e. The lowest BCUT2D eigenvalue weighted by molar-refractivity contribution is -0.111. The molecule has 0 saturated carbocycles. The van der Waals surface area contributed by atoms with E-state index in [2.05, 4.69) is 4.98 Å². The third-order valence-electron chi connectivity index (χ3n) is 6.34. The molecule has 1 unspecified atom stereocenters. The van der Waals surface area contributed by atoms with Crippen molar-refractivity contribution in [3.63, 3.8) is 0 Å². The number of methoxy groups -OCH3 is 1. The number of thioether (sulfide) groups is 1. The molecule has 0 radical (unpaired) electrons. The van der Waals surface area contributed by atoms with Crippen LogP contribution < -0.4 is 4.74 Å². The lowest BCUT2D eigenvalue weighted by Crippen LogP contribution is -2.25. The third-order valence-corrected chi connectivity index (χ3v) is 7.44.